The van der Waals surface area contributed by atoms with Crippen molar-refractivity contribution >= 4 is 24.5 Å². The average molecular weight is 188 g/mol. The van der Waals surface area contributed by atoms with E-state index in [-0.39, 0.29) is 18.9 Å². The molecule has 0 heterocycles. The number of fused-ring (bicyclic) bond motifs is 3. The van der Waals surface area contributed by atoms with Crippen molar-refractivity contribution in [3.05, 3.63) is 53.6 Å². The fraction of sp³-hybridized carbons (Fsp3) is 0.0769. The van der Waals surface area contributed by atoms with Gasteiger partial charge in [0.1, 0.15) is 0 Å². The van der Waals surface area contributed by atoms with Gasteiger partial charge < -0.3 is 5.73 Å². The molecular weight excluding hydrogens is 177 g/mol. The summed E-state index contributed by atoms with van der Waals surface area (Å²) in [7, 11) is 0. The minimum atomic E-state index is 0. The second-order valence-electron chi connectivity index (χ2n) is 3.71. The van der Waals surface area contributed by atoms with Gasteiger partial charge in [0.15, 0.2) is 0 Å². The zero-order chi connectivity index (χ0) is 9.54. The Morgan fingerprint density at radius 2 is 1.60 bits per heavy atom. The summed E-state index contributed by atoms with van der Waals surface area (Å²) in [5.41, 5.74) is 12.2. The molecule has 0 saturated heterocycles. The van der Waals surface area contributed by atoms with Gasteiger partial charge in [-0.3, -0.25) is 0 Å². The number of rotatable bonds is 0. The van der Waals surface area contributed by atoms with Crippen molar-refractivity contribution in [3.8, 4) is 11.1 Å². The third-order valence-electron chi connectivity index (χ3n) is 2.89. The average Bonchev–Trinajstić information content (AvgIpc) is 2.59. The molecule has 0 unspecified atom stereocenters. The van der Waals surface area contributed by atoms with E-state index in [1.54, 1.807) is 0 Å². The molecule has 0 amide bonds. The van der Waals surface area contributed by atoms with Gasteiger partial charge in [0.05, 0.1) is 0 Å². The first kappa shape index (κ1) is 10.4. The monoisotopic (exact) mass is 188 g/mol. The van der Waals surface area contributed by atoms with E-state index >= 15 is 0 Å². The van der Waals surface area contributed by atoms with Gasteiger partial charge in [-0.1, -0.05) is 36.4 Å². The zero-order valence-electron chi connectivity index (χ0n) is 8.83. The number of benzene rings is 2. The summed E-state index contributed by atoms with van der Waals surface area (Å²) in [6.07, 6.45) is 0.984. The molecule has 1 nitrogen and oxygen atoms in total. The first-order valence-corrected chi connectivity index (χ1v) is 4.82. The molecule has 2 aromatic carbocycles. The van der Waals surface area contributed by atoms with Gasteiger partial charge in [-0.2, -0.15) is 0 Å². The van der Waals surface area contributed by atoms with Crippen molar-refractivity contribution in [2.24, 2.45) is 0 Å². The molecule has 1 aliphatic carbocycles. The Balaban J connectivity index is 0.000000853. The molecule has 2 aromatic rings. The van der Waals surface area contributed by atoms with Gasteiger partial charge in [0.25, 0.3) is 0 Å². The fourth-order valence-electron chi connectivity index (χ4n) is 2.18. The van der Waals surface area contributed by atoms with Crippen LogP contribution in [0.25, 0.3) is 11.1 Å². The Morgan fingerprint density at radius 1 is 0.867 bits per heavy atom. The predicted molar refractivity (Wildman–Crippen MR) is 64.9 cm³/mol. The zero-order valence-corrected chi connectivity index (χ0v) is 8.83. The molecule has 15 heavy (non-hydrogen) atoms. The smallest absolute Gasteiger partial charge is 0.0356 e. The van der Waals surface area contributed by atoms with Crippen molar-refractivity contribution in [1.82, 2.24) is 0 Å². The molecule has 0 aromatic heterocycles. The summed E-state index contributed by atoms with van der Waals surface area (Å²) in [5.74, 6) is 0. The van der Waals surface area contributed by atoms with E-state index in [0.29, 0.717) is 0 Å². The van der Waals surface area contributed by atoms with Crippen molar-refractivity contribution in [2.75, 3.05) is 5.73 Å². The predicted octanol–water partition coefficient (Wildman–Crippen LogP) is 2.46. The summed E-state index contributed by atoms with van der Waals surface area (Å²) in [6, 6.07) is 14.7. The van der Waals surface area contributed by atoms with Gasteiger partial charge in [-0.05, 0) is 28.3 Å². The minimum Gasteiger partial charge on any atom is -0.398 e. The second-order valence-corrected chi connectivity index (χ2v) is 3.71. The van der Waals surface area contributed by atoms with Crippen molar-refractivity contribution in [3.63, 3.8) is 0 Å². The van der Waals surface area contributed by atoms with Crippen LogP contribution in [0.15, 0.2) is 42.5 Å². The summed E-state index contributed by atoms with van der Waals surface area (Å²) in [6.45, 7) is 0. The largest absolute Gasteiger partial charge is 0.398 e. The van der Waals surface area contributed by atoms with Gasteiger partial charge in [-0.15, -0.1) is 0 Å². The molecule has 0 bridgehead atoms. The number of hydrogen-bond acceptors (Lipinski definition) is 1. The SMILES string of the molecule is Nc1cccc2c1Cc1ccccc1-2.[Li]. The first-order valence-electron chi connectivity index (χ1n) is 4.82. The Bertz CT molecular complexity index is 506. The Hall–Kier alpha value is -1.16. The summed E-state index contributed by atoms with van der Waals surface area (Å²) >= 11 is 0. The van der Waals surface area contributed by atoms with Crippen LogP contribution < -0.4 is 5.73 Å². The third kappa shape index (κ3) is 1.49. The van der Waals surface area contributed by atoms with Gasteiger partial charge in [0, 0.05) is 31.0 Å². The molecule has 3 rings (SSSR count). The van der Waals surface area contributed by atoms with Crippen LogP contribution in [0.4, 0.5) is 5.69 Å². The maximum atomic E-state index is 5.95. The van der Waals surface area contributed by atoms with Gasteiger partial charge >= 0.3 is 0 Å². The van der Waals surface area contributed by atoms with E-state index < -0.39 is 0 Å². The summed E-state index contributed by atoms with van der Waals surface area (Å²) in [4.78, 5) is 0. The van der Waals surface area contributed by atoms with Crippen LogP contribution in [0.5, 0.6) is 0 Å². The van der Waals surface area contributed by atoms with Crippen LogP contribution >= 0.6 is 0 Å². The molecule has 2 heteroatoms. The summed E-state index contributed by atoms with van der Waals surface area (Å²) < 4.78 is 0. The number of anilines is 1. The van der Waals surface area contributed by atoms with Gasteiger partial charge in [0.2, 0.25) is 0 Å². The standard InChI is InChI=1S/C13H11N.Li/c14-13-7-3-6-11-10-5-2-1-4-9(10)8-12(11)13;/h1-7H,8,14H2;. The van der Waals surface area contributed by atoms with Crippen molar-refractivity contribution < 1.29 is 0 Å². The maximum Gasteiger partial charge on any atom is 0.0356 e. The Labute approximate surface area is 101 Å². The molecule has 2 N–H and O–H groups in total. The van der Waals surface area contributed by atoms with E-state index in [2.05, 4.69) is 30.3 Å². The topological polar surface area (TPSA) is 26.0 Å². The first-order chi connectivity index (χ1) is 6.86. The van der Waals surface area contributed by atoms with Crippen LogP contribution in [0, 0.1) is 0 Å². The van der Waals surface area contributed by atoms with Crippen LogP contribution in [-0.4, -0.2) is 18.9 Å². The van der Waals surface area contributed by atoms with Crippen LogP contribution in [0.1, 0.15) is 11.1 Å². The quantitative estimate of drug-likeness (QED) is 0.425. The van der Waals surface area contributed by atoms with E-state index in [1.165, 1.54) is 22.3 Å². The molecule has 0 fully saturated rings. The van der Waals surface area contributed by atoms with E-state index in [1.807, 2.05) is 12.1 Å². The molecule has 0 atom stereocenters. The van der Waals surface area contributed by atoms with E-state index in [0.717, 1.165) is 12.1 Å². The molecule has 69 valence electrons. The fourth-order valence-corrected chi connectivity index (χ4v) is 2.18. The molecule has 0 spiro atoms. The number of hydrogen-bond donors (Lipinski definition) is 1. The molecular formula is C13H11LiN. The maximum absolute atomic E-state index is 5.95. The van der Waals surface area contributed by atoms with Crippen LogP contribution in [-0.2, 0) is 6.42 Å². The molecule has 0 aliphatic heterocycles. The van der Waals surface area contributed by atoms with E-state index in [9.17, 15) is 0 Å². The molecule has 1 radical (unpaired) electrons. The summed E-state index contributed by atoms with van der Waals surface area (Å²) in [5, 5.41) is 0. The van der Waals surface area contributed by atoms with Crippen molar-refractivity contribution in [1.29, 1.82) is 0 Å². The Morgan fingerprint density at radius 3 is 2.47 bits per heavy atom. The Kier molecular flexibility index (Phi) is 2.60. The third-order valence-corrected chi connectivity index (χ3v) is 2.89. The van der Waals surface area contributed by atoms with Crippen LogP contribution in [0.3, 0.4) is 0 Å². The van der Waals surface area contributed by atoms with Crippen molar-refractivity contribution in [2.45, 2.75) is 6.42 Å². The van der Waals surface area contributed by atoms with E-state index in [4.69, 9.17) is 5.73 Å². The number of nitrogens with two attached hydrogens (primary N) is 1. The molecule has 0 saturated carbocycles. The molecule has 1 aliphatic rings. The minimum absolute atomic E-state index is 0. The number of nitrogen functional groups attached to an aromatic ring is 1. The normalized spacial score (nSPS) is 11.5. The van der Waals surface area contributed by atoms with Crippen LogP contribution in [0.2, 0.25) is 0 Å². The van der Waals surface area contributed by atoms with Gasteiger partial charge in [-0.25, -0.2) is 0 Å². The second kappa shape index (κ2) is 3.77.